The zero-order valence-corrected chi connectivity index (χ0v) is 10.1. The molecule has 0 saturated heterocycles. The van der Waals surface area contributed by atoms with Gasteiger partial charge in [0, 0.05) is 25.5 Å². The molecule has 0 radical (unpaired) electrons. The predicted molar refractivity (Wildman–Crippen MR) is 63.0 cm³/mol. The molecule has 5 heteroatoms. The van der Waals surface area contributed by atoms with Crippen LogP contribution in [-0.4, -0.2) is 53.8 Å². The fraction of sp³-hybridized carbons (Fsp3) is 0.636. The maximum atomic E-state index is 9.46. The van der Waals surface area contributed by atoms with Crippen LogP contribution in [0.1, 0.15) is 12.6 Å². The lowest BCUT2D eigenvalue weighted by Gasteiger charge is -2.28. The van der Waals surface area contributed by atoms with Gasteiger partial charge in [0.1, 0.15) is 0 Å². The highest BCUT2D eigenvalue weighted by Gasteiger charge is 2.26. The highest BCUT2D eigenvalue weighted by molar-refractivity contribution is 5.10. The number of hydrogen-bond acceptors (Lipinski definition) is 5. The fourth-order valence-corrected chi connectivity index (χ4v) is 1.37. The normalized spacial score (nSPS) is 15.1. The summed E-state index contributed by atoms with van der Waals surface area (Å²) in [6.45, 7) is 3.63. The van der Waals surface area contributed by atoms with Crippen LogP contribution < -0.4 is 5.32 Å². The zero-order valence-electron chi connectivity index (χ0n) is 10.1. The number of nitrogens with one attached hydrogen (secondary N) is 1. The second-order valence-corrected chi connectivity index (χ2v) is 4.31. The van der Waals surface area contributed by atoms with Crippen molar-refractivity contribution in [3.63, 3.8) is 0 Å². The van der Waals surface area contributed by atoms with E-state index in [0.717, 1.165) is 18.8 Å². The van der Waals surface area contributed by atoms with Crippen molar-refractivity contribution in [2.45, 2.75) is 12.5 Å². The van der Waals surface area contributed by atoms with Gasteiger partial charge in [0.25, 0.3) is 0 Å². The Morgan fingerprint density at radius 2 is 2.19 bits per heavy atom. The largest absolute Gasteiger partial charge is 0.394 e. The summed E-state index contributed by atoms with van der Waals surface area (Å²) in [5.74, 6) is 0. The third-order valence-corrected chi connectivity index (χ3v) is 2.52. The molecule has 0 aliphatic rings. The molecule has 0 spiro atoms. The van der Waals surface area contributed by atoms with E-state index >= 15 is 0 Å². The molecule has 2 N–H and O–H groups in total. The van der Waals surface area contributed by atoms with Crippen molar-refractivity contribution in [3.05, 3.63) is 24.3 Å². The molecular formula is C11H20N4O. The number of nitrogens with zero attached hydrogens (tertiary/aromatic N) is 3. The Bertz CT molecular complexity index is 304. The van der Waals surface area contributed by atoms with Gasteiger partial charge in [-0.3, -0.25) is 9.97 Å². The molecule has 0 aromatic carbocycles. The first kappa shape index (κ1) is 13.0. The van der Waals surface area contributed by atoms with Gasteiger partial charge < -0.3 is 15.3 Å². The summed E-state index contributed by atoms with van der Waals surface area (Å²) in [5, 5.41) is 12.8. The van der Waals surface area contributed by atoms with Crippen LogP contribution in [0.25, 0.3) is 0 Å². The summed E-state index contributed by atoms with van der Waals surface area (Å²) in [4.78, 5) is 10.3. The van der Waals surface area contributed by atoms with Gasteiger partial charge in [0.2, 0.25) is 0 Å². The predicted octanol–water partition coefficient (Wildman–Crippen LogP) is -0.165. The highest BCUT2D eigenvalue weighted by atomic mass is 16.3. The van der Waals surface area contributed by atoms with E-state index in [1.807, 2.05) is 21.0 Å². The van der Waals surface area contributed by atoms with Crippen LogP contribution in [0, 0.1) is 0 Å². The minimum atomic E-state index is -0.524. The first-order valence-corrected chi connectivity index (χ1v) is 5.35. The van der Waals surface area contributed by atoms with E-state index in [1.54, 1.807) is 18.6 Å². The van der Waals surface area contributed by atoms with E-state index in [4.69, 9.17) is 0 Å². The van der Waals surface area contributed by atoms with Gasteiger partial charge in [-0.2, -0.15) is 0 Å². The van der Waals surface area contributed by atoms with Crippen molar-refractivity contribution >= 4 is 0 Å². The topological polar surface area (TPSA) is 61.3 Å². The number of hydrogen-bond donors (Lipinski definition) is 2. The van der Waals surface area contributed by atoms with Crippen molar-refractivity contribution in [1.82, 2.24) is 20.2 Å². The van der Waals surface area contributed by atoms with Gasteiger partial charge in [-0.15, -0.1) is 0 Å². The Hall–Kier alpha value is -1.04. The summed E-state index contributed by atoms with van der Waals surface area (Å²) >= 11 is 0. The van der Waals surface area contributed by atoms with Gasteiger partial charge >= 0.3 is 0 Å². The molecule has 0 aliphatic carbocycles. The molecule has 1 aromatic rings. The SMILES string of the molecule is CN(C)CCNC(C)(CO)c1cnccn1. The maximum absolute atomic E-state index is 9.46. The molecule has 0 bridgehead atoms. The lowest BCUT2D eigenvalue weighted by Crippen LogP contribution is -2.46. The minimum Gasteiger partial charge on any atom is -0.394 e. The van der Waals surface area contributed by atoms with Crippen LogP contribution in [0.15, 0.2) is 18.6 Å². The Kier molecular flexibility index (Phi) is 4.79. The van der Waals surface area contributed by atoms with E-state index in [0.29, 0.717) is 0 Å². The van der Waals surface area contributed by atoms with Crippen molar-refractivity contribution < 1.29 is 5.11 Å². The lowest BCUT2D eigenvalue weighted by molar-refractivity contribution is 0.168. The molecule has 1 heterocycles. The molecular weight excluding hydrogens is 204 g/mol. The maximum Gasteiger partial charge on any atom is 0.0830 e. The second-order valence-electron chi connectivity index (χ2n) is 4.31. The van der Waals surface area contributed by atoms with Crippen molar-refractivity contribution in [1.29, 1.82) is 0 Å². The van der Waals surface area contributed by atoms with E-state index in [1.165, 1.54) is 0 Å². The molecule has 0 fully saturated rings. The quantitative estimate of drug-likeness (QED) is 0.703. The van der Waals surface area contributed by atoms with Gasteiger partial charge in [0.05, 0.1) is 24.0 Å². The first-order chi connectivity index (χ1) is 7.58. The summed E-state index contributed by atoms with van der Waals surface area (Å²) in [7, 11) is 4.03. The molecule has 0 amide bonds. The van der Waals surface area contributed by atoms with Gasteiger partial charge in [-0.05, 0) is 21.0 Å². The lowest BCUT2D eigenvalue weighted by atomic mass is 9.99. The van der Waals surface area contributed by atoms with E-state index in [-0.39, 0.29) is 6.61 Å². The molecule has 5 nitrogen and oxygen atoms in total. The van der Waals surface area contributed by atoms with Crippen LogP contribution in [0.3, 0.4) is 0 Å². The van der Waals surface area contributed by atoms with E-state index in [9.17, 15) is 5.11 Å². The molecule has 16 heavy (non-hydrogen) atoms. The molecule has 1 aromatic heterocycles. The monoisotopic (exact) mass is 224 g/mol. The van der Waals surface area contributed by atoms with Crippen LogP contribution in [-0.2, 0) is 5.54 Å². The molecule has 0 aliphatic heterocycles. The molecule has 0 saturated carbocycles. The van der Waals surface area contributed by atoms with Crippen molar-refractivity contribution in [2.24, 2.45) is 0 Å². The minimum absolute atomic E-state index is 0.000871. The van der Waals surface area contributed by atoms with Gasteiger partial charge in [-0.1, -0.05) is 0 Å². The van der Waals surface area contributed by atoms with Crippen LogP contribution in [0.2, 0.25) is 0 Å². The van der Waals surface area contributed by atoms with Crippen LogP contribution >= 0.6 is 0 Å². The summed E-state index contributed by atoms with van der Waals surface area (Å²) in [6, 6.07) is 0. The number of rotatable bonds is 6. The van der Waals surface area contributed by atoms with Gasteiger partial charge in [-0.25, -0.2) is 0 Å². The Labute approximate surface area is 96.5 Å². The summed E-state index contributed by atoms with van der Waals surface area (Å²) in [5.41, 5.74) is 0.237. The van der Waals surface area contributed by atoms with Crippen LogP contribution in [0.4, 0.5) is 0 Å². The van der Waals surface area contributed by atoms with Crippen molar-refractivity contribution in [2.75, 3.05) is 33.8 Å². The number of aliphatic hydroxyl groups is 1. The number of aliphatic hydroxyl groups excluding tert-OH is 1. The molecule has 1 unspecified atom stereocenters. The van der Waals surface area contributed by atoms with Gasteiger partial charge in [0.15, 0.2) is 0 Å². The standard InChI is InChI=1S/C11H20N4O/c1-11(9-16,14-6-7-15(2)3)10-8-12-4-5-13-10/h4-5,8,14,16H,6-7,9H2,1-3H3. The Morgan fingerprint density at radius 1 is 1.44 bits per heavy atom. The smallest absolute Gasteiger partial charge is 0.0830 e. The second kappa shape index (κ2) is 5.89. The Morgan fingerprint density at radius 3 is 2.69 bits per heavy atom. The number of likely N-dealkylation sites (N-methyl/N-ethyl adjacent to an activating group) is 1. The average molecular weight is 224 g/mol. The third kappa shape index (κ3) is 3.52. The zero-order chi connectivity index (χ0) is 12.0. The summed E-state index contributed by atoms with van der Waals surface area (Å²) < 4.78 is 0. The first-order valence-electron chi connectivity index (χ1n) is 5.35. The molecule has 90 valence electrons. The van der Waals surface area contributed by atoms with Crippen molar-refractivity contribution in [3.8, 4) is 0 Å². The Balaban J connectivity index is 2.63. The third-order valence-electron chi connectivity index (χ3n) is 2.52. The highest BCUT2D eigenvalue weighted by Crippen LogP contribution is 2.15. The van der Waals surface area contributed by atoms with Crippen LogP contribution in [0.5, 0.6) is 0 Å². The molecule has 1 rings (SSSR count). The molecule has 1 atom stereocenters. The van der Waals surface area contributed by atoms with E-state index in [2.05, 4.69) is 20.2 Å². The average Bonchev–Trinajstić information content (AvgIpc) is 2.29. The fourth-order valence-electron chi connectivity index (χ4n) is 1.37. The number of aromatic nitrogens is 2. The van der Waals surface area contributed by atoms with E-state index < -0.39 is 5.54 Å². The summed E-state index contributed by atoms with van der Waals surface area (Å²) in [6.07, 6.45) is 4.94.